The second-order valence-electron chi connectivity index (χ2n) is 4.13. The Morgan fingerprint density at radius 3 is 2.45 bits per heavy atom. The molecule has 0 spiro atoms. The highest BCUT2D eigenvalue weighted by molar-refractivity contribution is 5.78. The van der Waals surface area contributed by atoms with E-state index < -0.39 is 0 Å². The van der Waals surface area contributed by atoms with Gasteiger partial charge >= 0.3 is 0 Å². The normalized spacial score (nSPS) is 11.4. The number of rotatable bonds is 5. The molecule has 1 N–H and O–H groups in total. The van der Waals surface area contributed by atoms with Crippen LogP contribution in [0.2, 0.25) is 0 Å². The highest BCUT2D eigenvalue weighted by atomic mass is 14.9. The van der Waals surface area contributed by atoms with E-state index in [9.17, 15) is 5.26 Å². The smallest absolute Gasteiger partial charge is 0.174 e. The summed E-state index contributed by atoms with van der Waals surface area (Å²) in [6, 6.07) is 14.7. The summed E-state index contributed by atoms with van der Waals surface area (Å²) in [4.78, 5) is 12.2. The molecule has 0 aromatic carbocycles. The molecule has 6 nitrogen and oxygen atoms in total. The van der Waals surface area contributed by atoms with Crippen LogP contribution >= 0.6 is 0 Å². The molecule has 22 heavy (non-hydrogen) atoms. The molecule has 0 atom stereocenters. The summed E-state index contributed by atoms with van der Waals surface area (Å²) in [5, 5.41) is 21.2. The lowest BCUT2D eigenvalue weighted by molar-refractivity contribution is 0.801. The summed E-state index contributed by atoms with van der Waals surface area (Å²) in [6.07, 6.45) is 4.73. The van der Waals surface area contributed by atoms with E-state index in [0.29, 0.717) is 12.2 Å². The fourth-order valence-electron chi connectivity index (χ4n) is 1.59. The molecule has 0 aliphatic carbocycles. The zero-order valence-corrected chi connectivity index (χ0v) is 11.6. The van der Waals surface area contributed by atoms with Crippen molar-refractivity contribution in [2.24, 2.45) is 4.99 Å². The van der Waals surface area contributed by atoms with Crippen molar-refractivity contribution in [2.45, 2.75) is 6.54 Å². The van der Waals surface area contributed by atoms with Crippen molar-refractivity contribution in [3.05, 3.63) is 71.6 Å². The van der Waals surface area contributed by atoms with Gasteiger partial charge in [0.25, 0.3) is 0 Å². The van der Waals surface area contributed by atoms with Crippen LogP contribution in [0.1, 0.15) is 11.4 Å². The summed E-state index contributed by atoms with van der Waals surface area (Å²) in [7, 11) is 0. The number of nitriles is 2. The fraction of sp³-hybridized carbons (Fsp3) is 0.0625. The van der Waals surface area contributed by atoms with Gasteiger partial charge in [-0.25, -0.2) is 4.99 Å². The van der Waals surface area contributed by atoms with Crippen LogP contribution in [0.15, 0.2) is 65.2 Å². The number of pyridine rings is 2. The molecule has 2 aromatic rings. The predicted molar refractivity (Wildman–Crippen MR) is 81.2 cm³/mol. The van der Waals surface area contributed by atoms with Crippen LogP contribution in [0.3, 0.4) is 0 Å². The fourth-order valence-corrected chi connectivity index (χ4v) is 1.59. The monoisotopic (exact) mass is 288 g/mol. The third-order valence-electron chi connectivity index (χ3n) is 2.64. The Labute approximate surface area is 128 Å². The van der Waals surface area contributed by atoms with Crippen LogP contribution in [0.4, 0.5) is 0 Å². The van der Waals surface area contributed by atoms with Crippen molar-refractivity contribution in [1.29, 1.82) is 10.5 Å². The third kappa shape index (κ3) is 4.26. The van der Waals surface area contributed by atoms with E-state index in [1.54, 1.807) is 24.5 Å². The molecule has 0 aliphatic heterocycles. The van der Waals surface area contributed by atoms with Crippen LogP contribution in [0.25, 0.3) is 0 Å². The van der Waals surface area contributed by atoms with Gasteiger partial charge < -0.3 is 5.32 Å². The van der Waals surface area contributed by atoms with Gasteiger partial charge in [0.2, 0.25) is 0 Å². The average Bonchev–Trinajstić information content (AvgIpc) is 2.59. The Bertz CT molecular complexity index is 751. The van der Waals surface area contributed by atoms with Crippen molar-refractivity contribution in [3.63, 3.8) is 0 Å². The molecule has 2 rings (SSSR count). The molecule has 0 bridgehead atoms. The molecular weight excluding hydrogens is 276 g/mol. The molecule has 2 heterocycles. The minimum atomic E-state index is 0.00378. The third-order valence-corrected chi connectivity index (χ3v) is 2.64. The standard InChI is InChI=1S/C16H12N6/c17-9-15(21-11-13-5-1-3-7-19-13)16(10-18)22-12-14-6-2-4-8-20-14/h1-8,11,22H,12H2/b16-15-,21-11?. The van der Waals surface area contributed by atoms with Gasteiger partial charge in [-0.3, -0.25) is 9.97 Å². The van der Waals surface area contributed by atoms with E-state index in [4.69, 9.17) is 5.26 Å². The second-order valence-corrected chi connectivity index (χ2v) is 4.13. The van der Waals surface area contributed by atoms with Gasteiger partial charge in [-0.2, -0.15) is 10.5 Å². The maximum atomic E-state index is 9.17. The Morgan fingerprint density at radius 2 is 1.86 bits per heavy atom. The number of allylic oxidation sites excluding steroid dienone is 2. The molecule has 6 heteroatoms. The molecule has 0 saturated carbocycles. The summed E-state index contributed by atoms with van der Waals surface area (Å²) in [5.41, 5.74) is 1.47. The average molecular weight is 288 g/mol. The molecule has 0 unspecified atom stereocenters. The van der Waals surface area contributed by atoms with Crippen LogP contribution in [0, 0.1) is 22.7 Å². The van der Waals surface area contributed by atoms with E-state index in [0.717, 1.165) is 5.69 Å². The highest BCUT2D eigenvalue weighted by Gasteiger charge is 2.05. The lowest BCUT2D eigenvalue weighted by atomic mass is 10.3. The van der Waals surface area contributed by atoms with Crippen molar-refractivity contribution in [2.75, 3.05) is 0 Å². The molecule has 0 saturated heterocycles. The lowest BCUT2D eigenvalue weighted by Crippen LogP contribution is -2.14. The van der Waals surface area contributed by atoms with E-state index >= 15 is 0 Å². The SMILES string of the molecule is N#C/C(N=Cc1ccccn1)=C(\C#N)NCc1ccccn1. The lowest BCUT2D eigenvalue weighted by Gasteiger charge is -2.04. The van der Waals surface area contributed by atoms with Crippen LogP contribution in [-0.2, 0) is 6.54 Å². The first-order chi connectivity index (χ1) is 10.8. The van der Waals surface area contributed by atoms with E-state index in [1.165, 1.54) is 6.21 Å². The molecule has 0 aliphatic rings. The molecule has 0 radical (unpaired) electrons. The Kier molecular flexibility index (Phi) is 5.37. The van der Waals surface area contributed by atoms with Gasteiger partial charge in [-0.15, -0.1) is 0 Å². The number of aromatic nitrogens is 2. The number of hydrogen-bond donors (Lipinski definition) is 1. The number of hydrogen-bond acceptors (Lipinski definition) is 6. The Morgan fingerprint density at radius 1 is 1.09 bits per heavy atom. The van der Waals surface area contributed by atoms with Crippen molar-refractivity contribution in [1.82, 2.24) is 15.3 Å². The van der Waals surface area contributed by atoms with Gasteiger partial charge in [-0.05, 0) is 24.3 Å². The highest BCUT2D eigenvalue weighted by Crippen LogP contribution is 2.04. The molecular formula is C16H12N6. The van der Waals surface area contributed by atoms with E-state index in [-0.39, 0.29) is 11.4 Å². The first-order valence-corrected chi connectivity index (χ1v) is 6.47. The van der Waals surface area contributed by atoms with Crippen LogP contribution in [0.5, 0.6) is 0 Å². The van der Waals surface area contributed by atoms with E-state index in [1.807, 2.05) is 36.4 Å². The quantitative estimate of drug-likeness (QED) is 0.669. The summed E-state index contributed by atoms with van der Waals surface area (Å²) in [5.74, 6) is 0. The topological polar surface area (TPSA) is 97.8 Å². The second kappa shape index (κ2) is 7.93. The van der Waals surface area contributed by atoms with Gasteiger partial charge in [-0.1, -0.05) is 12.1 Å². The summed E-state index contributed by atoms with van der Waals surface area (Å²) >= 11 is 0. The molecule has 0 amide bonds. The molecule has 2 aromatic heterocycles. The molecule has 106 valence electrons. The minimum Gasteiger partial charge on any atom is -0.368 e. The minimum absolute atomic E-state index is 0.00378. The summed E-state index contributed by atoms with van der Waals surface area (Å²) < 4.78 is 0. The molecule has 0 fully saturated rings. The van der Waals surface area contributed by atoms with Crippen molar-refractivity contribution >= 4 is 6.21 Å². The van der Waals surface area contributed by atoms with Gasteiger partial charge in [0.1, 0.15) is 12.1 Å². The van der Waals surface area contributed by atoms with Crippen molar-refractivity contribution < 1.29 is 0 Å². The van der Waals surface area contributed by atoms with Crippen LogP contribution in [-0.4, -0.2) is 16.2 Å². The van der Waals surface area contributed by atoms with Crippen LogP contribution < -0.4 is 5.32 Å². The number of aliphatic imine (C=N–C) groups is 1. The Balaban J connectivity index is 2.14. The first-order valence-electron chi connectivity index (χ1n) is 6.47. The summed E-state index contributed by atoms with van der Waals surface area (Å²) in [6.45, 7) is 0.341. The zero-order chi connectivity index (χ0) is 15.6. The number of nitrogens with zero attached hydrogens (tertiary/aromatic N) is 5. The first kappa shape index (κ1) is 14.9. The zero-order valence-electron chi connectivity index (χ0n) is 11.6. The Hall–Kier alpha value is -3.51. The maximum absolute atomic E-state index is 9.17. The van der Waals surface area contributed by atoms with Crippen molar-refractivity contribution in [3.8, 4) is 12.1 Å². The van der Waals surface area contributed by atoms with Gasteiger partial charge in [0.05, 0.1) is 24.1 Å². The van der Waals surface area contributed by atoms with E-state index in [2.05, 4.69) is 20.3 Å². The predicted octanol–water partition coefficient (Wildman–Crippen LogP) is 1.94. The maximum Gasteiger partial charge on any atom is 0.174 e. The number of nitrogens with one attached hydrogen (secondary N) is 1. The largest absolute Gasteiger partial charge is 0.368 e. The van der Waals surface area contributed by atoms with Gasteiger partial charge in [0, 0.05) is 12.4 Å². The van der Waals surface area contributed by atoms with Gasteiger partial charge in [0.15, 0.2) is 11.4 Å².